The van der Waals surface area contributed by atoms with Crippen LogP contribution in [0.15, 0.2) is 18.2 Å². The summed E-state index contributed by atoms with van der Waals surface area (Å²) < 4.78 is 0. The average Bonchev–Trinajstić information content (AvgIpc) is 2.30. The van der Waals surface area contributed by atoms with E-state index in [1.165, 1.54) is 16.7 Å². The molecule has 0 fully saturated rings. The Labute approximate surface area is 110 Å². The molecule has 0 aliphatic carbocycles. The summed E-state index contributed by atoms with van der Waals surface area (Å²) in [4.78, 5) is 11.6. The fourth-order valence-corrected chi connectivity index (χ4v) is 1.97. The van der Waals surface area contributed by atoms with Crippen LogP contribution in [0.5, 0.6) is 0 Å². The van der Waals surface area contributed by atoms with E-state index in [1.807, 2.05) is 13.8 Å². The third kappa shape index (κ3) is 3.84. The summed E-state index contributed by atoms with van der Waals surface area (Å²) in [7, 11) is 1.67. The molecule has 0 aromatic heterocycles. The second-order valence-corrected chi connectivity index (χ2v) is 5.50. The second-order valence-electron chi connectivity index (χ2n) is 5.50. The summed E-state index contributed by atoms with van der Waals surface area (Å²) in [5.74, 6) is 0.0654. The van der Waals surface area contributed by atoms with Gasteiger partial charge in [0.05, 0.1) is 5.41 Å². The summed E-state index contributed by atoms with van der Waals surface area (Å²) in [5.41, 5.74) is 3.48. The first-order valence-electron chi connectivity index (χ1n) is 6.36. The van der Waals surface area contributed by atoms with Crippen LogP contribution in [0.3, 0.4) is 0 Å². The van der Waals surface area contributed by atoms with Crippen LogP contribution in [0.1, 0.15) is 30.5 Å². The fourth-order valence-electron chi connectivity index (χ4n) is 1.97. The van der Waals surface area contributed by atoms with E-state index in [0.29, 0.717) is 6.54 Å². The van der Waals surface area contributed by atoms with Crippen LogP contribution in [0.4, 0.5) is 0 Å². The van der Waals surface area contributed by atoms with Crippen molar-refractivity contribution in [1.29, 1.82) is 0 Å². The molecule has 100 valence electrons. The normalized spacial score (nSPS) is 11.4. The van der Waals surface area contributed by atoms with Crippen LogP contribution >= 0.6 is 0 Å². The van der Waals surface area contributed by atoms with Gasteiger partial charge in [-0.15, -0.1) is 0 Å². The molecule has 18 heavy (non-hydrogen) atoms. The van der Waals surface area contributed by atoms with Gasteiger partial charge in [-0.1, -0.05) is 23.8 Å². The van der Waals surface area contributed by atoms with Crippen molar-refractivity contribution >= 4 is 5.91 Å². The molecule has 0 atom stereocenters. The standard InChI is InChI=1S/C15H24N2O/c1-11-6-7-13(12(2)8-11)9-17-10-15(3,4)14(18)16-5/h6-8,17H,9-10H2,1-5H3,(H,16,18). The van der Waals surface area contributed by atoms with E-state index in [-0.39, 0.29) is 11.3 Å². The average molecular weight is 248 g/mol. The number of carbonyl (C=O) groups excluding carboxylic acids is 1. The maximum absolute atomic E-state index is 11.6. The number of aryl methyl sites for hydroxylation is 2. The van der Waals surface area contributed by atoms with Gasteiger partial charge in [0.15, 0.2) is 0 Å². The molecule has 0 aliphatic heterocycles. The molecule has 0 heterocycles. The van der Waals surface area contributed by atoms with Crippen molar-refractivity contribution in [2.24, 2.45) is 5.41 Å². The largest absolute Gasteiger partial charge is 0.359 e. The van der Waals surface area contributed by atoms with Gasteiger partial charge in [0.25, 0.3) is 0 Å². The maximum Gasteiger partial charge on any atom is 0.226 e. The molecule has 0 aliphatic rings. The van der Waals surface area contributed by atoms with Crippen molar-refractivity contribution in [2.75, 3.05) is 13.6 Å². The minimum Gasteiger partial charge on any atom is -0.359 e. The van der Waals surface area contributed by atoms with Gasteiger partial charge in [-0.05, 0) is 38.8 Å². The molecule has 0 bridgehead atoms. The van der Waals surface area contributed by atoms with Crippen LogP contribution in [0.2, 0.25) is 0 Å². The Balaban J connectivity index is 2.54. The third-order valence-electron chi connectivity index (χ3n) is 3.22. The Morgan fingerprint density at radius 1 is 1.28 bits per heavy atom. The quantitative estimate of drug-likeness (QED) is 0.838. The molecule has 1 aromatic rings. The molecule has 3 heteroatoms. The Bertz CT molecular complexity index is 425. The molecule has 3 nitrogen and oxygen atoms in total. The Hall–Kier alpha value is -1.35. The van der Waals surface area contributed by atoms with Crippen molar-refractivity contribution < 1.29 is 4.79 Å². The van der Waals surface area contributed by atoms with Crippen LogP contribution in [-0.2, 0) is 11.3 Å². The molecule has 1 rings (SSSR count). The highest BCUT2D eigenvalue weighted by atomic mass is 16.2. The predicted molar refractivity (Wildman–Crippen MR) is 75.5 cm³/mol. The zero-order valence-electron chi connectivity index (χ0n) is 12.1. The van der Waals surface area contributed by atoms with E-state index in [4.69, 9.17) is 0 Å². The lowest BCUT2D eigenvalue weighted by Gasteiger charge is -2.23. The molecule has 2 N–H and O–H groups in total. The van der Waals surface area contributed by atoms with Gasteiger partial charge >= 0.3 is 0 Å². The predicted octanol–water partition coefficient (Wildman–Crippen LogP) is 2.17. The molecule has 0 unspecified atom stereocenters. The van der Waals surface area contributed by atoms with E-state index in [9.17, 15) is 4.79 Å². The van der Waals surface area contributed by atoms with Crippen molar-refractivity contribution in [2.45, 2.75) is 34.2 Å². The first-order valence-corrected chi connectivity index (χ1v) is 6.36. The number of hydrogen-bond donors (Lipinski definition) is 2. The van der Waals surface area contributed by atoms with Gasteiger partial charge in [0.1, 0.15) is 0 Å². The van der Waals surface area contributed by atoms with Crippen molar-refractivity contribution in [1.82, 2.24) is 10.6 Å². The van der Waals surface area contributed by atoms with E-state index in [0.717, 1.165) is 6.54 Å². The van der Waals surface area contributed by atoms with E-state index in [2.05, 4.69) is 42.7 Å². The minimum absolute atomic E-state index is 0.0654. The lowest BCUT2D eigenvalue weighted by atomic mass is 9.92. The number of nitrogens with one attached hydrogen (secondary N) is 2. The second kappa shape index (κ2) is 6.01. The summed E-state index contributed by atoms with van der Waals surface area (Å²) >= 11 is 0. The molecule has 1 amide bonds. The van der Waals surface area contributed by atoms with Gasteiger partial charge in [-0.3, -0.25) is 4.79 Å². The SMILES string of the molecule is CNC(=O)C(C)(C)CNCc1ccc(C)cc1C. The van der Waals surface area contributed by atoms with Gasteiger partial charge in [-0.2, -0.15) is 0 Å². The van der Waals surface area contributed by atoms with E-state index >= 15 is 0 Å². The lowest BCUT2D eigenvalue weighted by molar-refractivity contribution is -0.128. The van der Waals surface area contributed by atoms with Crippen molar-refractivity contribution in [3.63, 3.8) is 0 Å². The molecule has 1 aromatic carbocycles. The van der Waals surface area contributed by atoms with Crippen LogP contribution in [0.25, 0.3) is 0 Å². The highest BCUT2D eigenvalue weighted by molar-refractivity contribution is 5.81. The maximum atomic E-state index is 11.6. The lowest BCUT2D eigenvalue weighted by Crippen LogP contribution is -2.41. The van der Waals surface area contributed by atoms with Crippen molar-refractivity contribution in [3.8, 4) is 0 Å². The van der Waals surface area contributed by atoms with Gasteiger partial charge < -0.3 is 10.6 Å². The monoisotopic (exact) mass is 248 g/mol. The van der Waals surface area contributed by atoms with Crippen LogP contribution in [-0.4, -0.2) is 19.5 Å². The molecular weight excluding hydrogens is 224 g/mol. The van der Waals surface area contributed by atoms with Crippen LogP contribution in [0, 0.1) is 19.3 Å². The number of rotatable bonds is 5. The first kappa shape index (κ1) is 14.7. The van der Waals surface area contributed by atoms with E-state index in [1.54, 1.807) is 7.05 Å². The van der Waals surface area contributed by atoms with Gasteiger partial charge in [0.2, 0.25) is 5.91 Å². The van der Waals surface area contributed by atoms with Gasteiger partial charge in [0, 0.05) is 20.1 Å². The summed E-state index contributed by atoms with van der Waals surface area (Å²) in [6.45, 7) is 9.57. The summed E-state index contributed by atoms with van der Waals surface area (Å²) in [6, 6.07) is 6.44. The zero-order chi connectivity index (χ0) is 13.8. The highest BCUT2D eigenvalue weighted by Crippen LogP contribution is 2.14. The number of amides is 1. The number of benzene rings is 1. The molecule has 0 saturated heterocycles. The topological polar surface area (TPSA) is 41.1 Å². The van der Waals surface area contributed by atoms with Crippen molar-refractivity contribution in [3.05, 3.63) is 34.9 Å². The minimum atomic E-state index is -0.382. The fraction of sp³-hybridized carbons (Fsp3) is 0.533. The highest BCUT2D eigenvalue weighted by Gasteiger charge is 2.25. The Morgan fingerprint density at radius 2 is 1.94 bits per heavy atom. The molecular formula is C15H24N2O. The number of hydrogen-bond acceptors (Lipinski definition) is 2. The molecule has 0 radical (unpaired) electrons. The van der Waals surface area contributed by atoms with Crippen LogP contribution < -0.4 is 10.6 Å². The van der Waals surface area contributed by atoms with Gasteiger partial charge in [-0.25, -0.2) is 0 Å². The van der Waals surface area contributed by atoms with E-state index < -0.39 is 0 Å². The summed E-state index contributed by atoms with van der Waals surface area (Å²) in [6.07, 6.45) is 0. The molecule has 0 spiro atoms. The Morgan fingerprint density at radius 3 is 2.50 bits per heavy atom. The Kier molecular flexibility index (Phi) is 4.91. The first-order chi connectivity index (χ1) is 8.36. The molecule has 0 saturated carbocycles. The third-order valence-corrected chi connectivity index (χ3v) is 3.22. The number of carbonyl (C=O) groups is 1. The smallest absolute Gasteiger partial charge is 0.226 e. The summed E-state index contributed by atoms with van der Waals surface area (Å²) in [5, 5.41) is 6.05. The zero-order valence-corrected chi connectivity index (χ0v) is 12.1.